The highest BCUT2D eigenvalue weighted by molar-refractivity contribution is 6.07. The molecule has 2 aromatic rings. The Bertz CT molecular complexity index is 991. The van der Waals surface area contributed by atoms with Gasteiger partial charge in [-0.05, 0) is 42.8 Å². The Kier molecular flexibility index (Phi) is 8.15. The predicted octanol–water partition coefficient (Wildman–Crippen LogP) is 3.80. The molecule has 0 unspecified atom stereocenters. The number of aromatic carboxylic acids is 1. The van der Waals surface area contributed by atoms with Crippen LogP contribution in [0.5, 0.6) is 0 Å². The molecule has 0 saturated carbocycles. The van der Waals surface area contributed by atoms with Crippen LogP contribution in [0.4, 0.5) is 11.4 Å². The lowest BCUT2D eigenvalue weighted by molar-refractivity contribution is -0.112. The summed E-state index contributed by atoms with van der Waals surface area (Å²) < 4.78 is 5.21. The fourth-order valence-electron chi connectivity index (χ4n) is 2.37. The largest absolute Gasteiger partial charge is 0.478 e. The van der Waals surface area contributed by atoms with E-state index in [-0.39, 0.29) is 16.7 Å². The van der Waals surface area contributed by atoms with Crippen molar-refractivity contribution < 1.29 is 24.2 Å². The first-order chi connectivity index (χ1) is 14.5. The summed E-state index contributed by atoms with van der Waals surface area (Å²) in [5.41, 5.74) is 0.864. The van der Waals surface area contributed by atoms with Crippen molar-refractivity contribution in [1.29, 1.82) is 5.26 Å². The van der Waals surface area contributed by atoms with E-state index in [1.807, 2.05) is 6.92 Å². The summed E-state index contributed by atoms with van der Waals surface area (Å²) in [6, 6.07) is 13.9. The molecule has 0 aliphatic carbocycles. The maximum atomic E-state index is 12.3. The Morgan fingerprint density at radius 1 is 1.13 bits per heavy atom. The molecule has 0 heterocycles. The lowest BCUT2D eigenvalue weighted by atomic mass is 10.1. The highest BCUT2D eigenvalue weighted by Gasteiger charge is 2.14. The van der Waals surface area contributed by atoms with Crippen molar-refractivity contribution in [2.45, 2.75) is 19.8 Å². The second-order valence-electron chi connectivity index (χ2n) is 6.19. The number of carbonyl (C=O) groups excluding carboxylic acids is 2. The van der Waals surface area contributed by atoms with E-state index in [0.717, 1.165) is 12.8 Å². The quantitative estimate of drug-likeness (QED) is 0.250. The van der Waals surface area contributed by atoms with Gasteiger partial charge in [0.1, 0.15) is 11.6 Å². The standard InChI is InChI=1S/C22H21N3O5/c1-2-3-12-30-22(29)18-6-4-5-7-19(18)24-14-16(13-23)20(26)25-17-10-8-15(9-11-17)21(27)28/h4-11,14,24H,2-3,12H2,1H3,(H,25,26)(H,27,28)/b16-14-. The highest BCUT2D eigenvalue weighted by atomic mass is 16.5. The van der Waals surface area contributed by atoms with Gasteiger partial charge in [0.15, 0.2) is 0 Å². The fraction of sp³-hybridized carbons (Fsp3) is 0.182. The van der Waals surface area contributed by atoms with Gasteiger partial charge in [-0.15, -0.1) is 0 Å². The zero-order chi connectivity index (χ0) is 21.9. The fourth-order valence-corrected chi connectivity index (χ4v) is 2.37. The van der Waals surface area contributed by atoms with Gasteiger partial charge in [0.25, 0.3) is 5.91 Å². The number of esters is 1. The molecule has 0 spiro atoms. The summed E-state index contributed by atoms with van der Waals surface area (Å²) >= 11 is 0. The molecule has 1 amide bonds. The first kappa shape index (κ1) is 22.2. The van der Waals surface area contributed by atoms with Crippen LogP contribution < -0.4 is 10.6 Å². The summed E-state index contributed by atoms with van der Waals surface area (Å²) in [7, 11) is 0. The van der Waals surface area contributed by atoms with Crippen molar-refractivity contribution in [3.63, 3.8) is 0 Å². The number of carboxylic acids is 1. The number of hydrogen-bond acceptors (Lipinski definition) is 6. The Hall–Kier alpha value is -4.12. The highest BCUT2D eigenvalue weighted by Crippen LogP contribution is 2.17. The monoisotopic (exact) mass is 407 g/mol. The van der Waals surface area contributed by atoms with Crippen LogP contribution >= 0.6 is 0 Å². The van der Waals surface area contributed by atoms with E-state index in [2.05, 4.69) is 10.6 Å². The van der Waals surface area contributed by atoms with Gasteiger partial charge >= 0.3 is 11.9 Å². The number of rotatable bonds is 9. The van der Waals surface area contributed by atoms with E-state index in [1.54, 1.807) is 30.3 Å². The number of nitrogens with one attached hydrogen (secondary N) is 2. The number of unbranched alkanes of at least 4 members (excludes halogenated alkanes) is 1. The maximum Gasteiger partial charge on any atom is 0.340 e. The molecule has 0 atom stereocenters. The number of nitriles is 1. The van der Waals surface area contributed by atoms with E-state index in [1.165, 1.54) is 30.5 Å². The third kappa shape index (κ3) is 6.21. The summed E-state index contributed by atoms with van der Waals surface area (Å²) in [6.07, 6.45) is 2.85. The number of hydrogen-bond donors (Lipinski definition) is 3. The van der Waals surface area contributed by atoms with Crippen molar-refractivity contribution in [3.8, 4) is 6.07 Å². The van der Waals surface area contributed by atoms with Crippen molar-refractivity contribution in [1.82, 2.24) is 0 Å². The van der Waals surface area contributed by atoms with Gasteiger partial charge in [-0.25, -0.2) is 9.59 Å². The second kappa shape index (κ2) is 11.0. The number of anilines is 2. The van der Waals surface area contributed by atoms with Gasteiger partial charge in [-0.3, -0.25) is 4.79 Å². The number of benzene rings is 2. The van der Waals surface area contributed by atoms with Crippen molar-refractivity contribution in [2.75, 3.05) is 17.2 Å². The predicted molar refractivity (Wildman–Crippen MR) is 111 cm³/mol. The smallest absolute Gasteiger partial charge is 0.340 e. The van der Waals surface area contributed by atoms with Crippen molar-refractivity contribution in [3.05, 3.63) is 71.4 Å². The molecule has 0 aliphatic heterocycles. The average Bonchev–Trinajstić information content (AvgIpc) is 2.75. The minimum atomic E-state index is -1.08. The van der Waals surface area contributed by atoms with Crippen LogP contribution in [0.1, 0.15) is 40.5 Å². The Balaban J connectivity index is 2.10. The van der Waals surface area contributed by atoms with Crippen LogP contribution in [0.15, 0.2) is 60.3 Å². The summed E-state index contributed by atoms with van der Waals surface area (Å²) in [4.78, 5) is 35.4. The molecular weight excluding hydrogens is 386 g/mol. The molecule has 30 heavy (non-hydrogen) atoms. The molecule has 0 fully saturated rings. The van der Waals surface area contributed by atoms with Gasteiger partial charge in [0.05, 0.1) is 23.4 Å². The lowest BCUT2D eigenvalue weighted by Crippen LogP contribution is -2.15. The molecule has 0 bridgehead atoms. The molecule has 154 valence electrons. The van der Waals surface area contributed by atoms with Crippen molar-refractivity contribution in [2.24, 2.45) is 0 Å². The zero-order valence-electron chi connectivity index (χ0n) is 16.3. The van der Waals surface area contributed by atoms with Gasteiger partial charge in [-0.1, -0.05) is 25.5 Å². The molecule has 8 nitrogen and oxygen atoms in total. The van der Waals surface area contributed by atoms with Crippen LogP contribution in [0.25, 0.3) is 0 Å². The van der Waals surface area contributed by atoms with E-state index in [4.69, 9.17) is 9.84 Å². The molecule has 2 rings (SSSR count). The number of nitrogens with zero attached hydrogens (tertiary/aromatic N) is 1. The molecule has 0 saturated heterocycles. The Labute approximate surface area is 173 Å². The van der Waals surface area contributed by atoms with Crippen LogP contribution in [-0.4, -0.2) is 29.6 Å². The molecule has 0 aliphatic rings. The number of para-hydroxylation sites is 1. The minimum Gasteiger partial charge on any atom is -0.478 e. The number of carbonyl (C=O) groups is 3. The topological polar surface area (TPSA) is 129 Å². The third-order valence-electron chi connectivity index (χ3n) is 4.00. The third-order valence-corrected chi connectivity index (χ3v) is 4.00. The molecule has 0 aromatic heterocycles. The maximum absolute atomic E-state index is 12.3. The SMILES string of the molecule is CCCCOC(=O)c1ccccc1N/C=C(/C#N)C(=O)Nc1ccc(C(=O)O)cc1. The van der Waals surface area contributed by atoms with Gasteiger partial charge in [0.2, 0.25) is 0 Å². The van der Waals surface area contributed by atoms with Gasteiger partial charge in [-0.2, -0.15) is 5.26 Å². The number of carboxylic acid groups (broad SMARTS) is 1. The van der Waals surface area contributed by atoms with Crippen LogP contribution in [0.2, 0.25) is 0 Å². The Morgan fingerprint density at radius 2 is 1.83 bits per heavy atom. The summed E-state index contributed by atoms with van der Waals surface area (Å²) in [6.45, 7) is 2.30. The van der Waals surface area contributed by atoms with Crippen LogP contribution in [-0.2, 0) is 9.53 Å². The first-order valence-electron chi connectivity index (χ1n) is 9.24. The van der Waals surface area contributed by atoms with E-state index >= 15 is 0 Å². The number of amides is 1. The van der Waals surface area contributed by atoms with Crippen LogP contribution in [0, 0.1) is 11.3 Å². The molecule has 2 aromatic carbocycles. The van der Waals surface area contributed by atoms with E-state index in [9.17, 15) is 19.6 Å². The average molecular weight is 407 g/mol. The zero-order valence-corrected chi connectivity index (χ0v) is 16.3. The van der Waals surface area contributed by atoms with Gasteiger partial charge in [0, 0.05) is 11.9 Å². The first-order valence-corrected chi connectivity index (χ1v) is 9.24. The lowest BCUT2D eigenvalue weighted by Gasteiger charge is -2.10. The normalized spacial score (nSPS) is 10.6. The number of ether oxygens (including phenoxy) is 1. The summed E-state index contributed by atoms with van der Waals surface area (Å²) in [5.74, 6) is -2.26. The van der Waals surface area contributed by atoms with Crippen molar-refractivity contribution >= 4 is 29.2 Å². The molecule has 3 N–H and O–H groups in total. The Morgan fingerprint density at radius 3 is 2.47 bits per heavy atom. The minimum absolute atomic E-state index is 0.0770. The van der Waals surface area contributed by atoms with Gasteiger partial charge < -0.3 is 20.5 Å². The molecular formula is C22H21N3O5. The summed E-state index contributed by atoms with van der Waals surface area (Å²) in [5, 5.41) is 23.5. The van der Waals surface area contributed by atoms with Crippen LogP contribution in [0.3, 0.4) is 0 Å². The van der Waals surface area contributed by atoms with E-state index in [0.29, 0.717) is 18.0 Å². The second-order valence-corrected chi connectivity index (χ2v) is 6.19. The van der Waals surface area contributed by atoms with E-state index < -0.39 is 17.8 Å². The molecule has 0 radical (unpaired) electrons. The molecule has 8 heteroatoms.